The molecule has 1 saturated heterocycles. The van der Waals surface area contributed by atoms with Crippen molar-refractivity contribution in [1.29, 1.82) is 0 Å². The van der Waals surface area contributed by atoms with Gasteiger partial charge in [0.25, 0.3) is 0 Å². The van der Waals surface area contributed by atoms with E-state index in [1.165, 1.54) is 0 Å². The van der Waals surface area contributed by atoms with Crippen molar-refractivity contribution in [2.24, 2.45) is 0 Å². The number of carbonyl (C=O) groups is 1. The van der Waals surface area contributed by atoms with Crippen LogP contribution in [0.15, 0.2) is 18.2 Å². The first-order valence-corrected chi connectivity index (χ1v) is 7.04. The number of carbonyl (C=O) groups excluding carboxylic acids is 1. The first-order chi connectivity index (χ1) is 9.44. The van der Waals surface area contributed by atoms with Gasteiger partial charge in [0, 0.05) is 18.8 Å². The van der Waals surface area contributed by atoms with Crippen LogP contribution < -0.4 is 11.1 Å². The average molecular weight is 298 g/mol. The topological polar surface area (TPSA) is 67.6 Å². The number of nitrogen functional groups attached to an aromatic ring is 1. The van der Waals surface area contributed by atoms with E-state index in [-0.39, 0.29) is 18.1 Å². The number of nitrogens with two attached hydrogens (primary N) is 1. The second-order valence-corrected chi connectivity index (χ2v) is 5.65. The van der Waals surface area contributed by atoms with Gasteiger partial charge in [0.15, 0.2) is 0 Å². The summed E-state index contributed by atoms with van der Waals surface area (Å²) in [5, 5.41) is 3.25. The largest absolute Gasteiger partial charge is 0.399 e. The van der Waals surface area contributed by atoms with Crippen LogP contribution in [0, 0.1) is 0 Å². The number of ether oxygens (including phenoxy) is 1. The van der Waals surface area contributed by atoms with Crippen molar-refractivity contribution in [3.8, 4) is 0 Å². The van der Waals surface area contributed by atoms with Gasteiger partial charge in [-0.15, -0.1) is 0 Å². The van der Waals surface area contributed by atoms with Gasteiger partial charge in [-0.2, -0.15) is 0 Å². The van der Waals surface area contributed by atoms with Crippen molar-refractivity contribution >= 4 is 28.9 Å². The van der Waals surface area contributed by atoms with Gasteiger partial charge in [-0.05, 0) is 32.0 Å². The Labute approximate surface area is 124 Å². The summed E-state index contributed by atoms with van der Waals surface area (Å²) in [6.07, 6.45) is 0.290. The normalized spacial score (nSPS) is 23.6. The van der Waals surface area contributed by atoms with Crippen LogP contribution in [0.25, 0.3) is 0 Å². The molecule has 1 aromatic rings. The lowest BCUT2D eigenvalue weighted by Gasteiger charge is -2.34. The average Bonchev–Trinajstić information content (AvgIpc) is 2.31. The number of amides is 1. The van der Waals surface area contributed by atoms with E-state index in [1.807, 2.05) is 13.8 Å². The maximum Gasteiger partial charge on any atom is 0.238 e. The first kappa shape index (κ1) is 15.1. The van der Waals surface area contributed by atoms with E-state index in [1.54, 1.807) is 18.2 Å². The van der Waals surface area contributed by atoms with Crippen LogP contribution in [0.1, 0.15) is 13.8 Å². The second-order valence-electron chi connectivity index (χ2n) is 5.24. The van der Waals surface area contributed by atoms with Crippen LogP contribution in [0.2, 0.25) is 5.02 Å². The van der Waals surface area contributed by atoms with Crippen LogP contribution in [0.3, 0.4) is 0 Å². The zero-order chi connectivity index (χ0) is 14.7. The van der Waals surface area contributed by atoms with Crippen LogP contribution in [0.5, 0.6) is 0 Å². The summed E-state index contributed by atoms with van der Waals surface area (Å²) in [4.78, 5) is 14.1. The molecule has 0 saturated carbocycles. The predicted octanol–water partition coefficient (Wildman–Crippen LogP) is 1.97. The van der Waals surface area contributed by atoms with Crippen LogP contribution >= 0.6 is 11.6 Å². The minimum atomic E-state index is -0.0852. The molecule has 0 aliphatic carbocycles. The van der Waals surface area contributed by atoms with Gasteiger partial charge in [-0.25, -0.2) is 0 Å². The smallest absolute Gasteiger partial charge is 0.238 e. The summed E-state index contributed by atoms with van der Waals surface area (Å²) in [6, 6.07) is 5.04. The van der Waals surface area contributed by atoms with Crippen molar-refractivity contribution in [2.75, 3.05) is 30.7 Å². The molecule has 0 aromatic heterocycles. The van der Waals surface area contributed by atoms with Crippen molar-refractivity contribution in [2.45, 2.75) is 26.1 Å². The molecule has 20 heavy (non-hydrogen) atoms. The van der Waals surface area contributed by atoms with Gasteiger partial charge in [-0.1, -0.05) is 11.6 Å². The number of halogens is 1. The van der Waals surface area contributed by atoms with Gasteiger partial charge >= 0.3 is 0 Å². The molecule has 1 fully saturated rings. The van der Waals surface area contributed by atoms with Crippen molar-refractivity contribution in [3.05, 3.63) is 23.2 Å². The predicted molar refractivity (Wildman–Crippen MR) is 80.9 cm³/mol. The molecule has 1 amide bonds. The summed E-state index contributed by atoms with van der Waals surface area (Å²) in [5.74, 6) is -0.0852. The lowest BCUT2D eigenvalue weighted by molar-refractivity contribution is -0.121. The third kappa shape index (κ3) is 4.10. The zero-order valence-electron chi connectivity index (χ0n) is 11.7. The van der Waals surface area contributed by atoms with E-state index in [9.17, 15) is 4.79 Å². The molecule has 2 unspecified atom stereocenters. The van der Waals surface area contributed by atoms with E-state index in [0.29, 0.717) is 22.9 Å². The number of hydrogen-bond donors (Lipinski definition) is 2. The fourth-order valence-corrected chi connectivity index (χ4v) is 2.68. The Hall–Kier alpha value is -1.30. The number of anilines is 2. The Morgan fingerprint density at radius 1 is 1.45 bits per heavy atom. The SMILES string of the molecule is CC1CN(CC(=O)Nc2ccc(N)cc2Cl)CC(C)O1. The summed E-state index contributed by atoms with van der Waals surface area (Å²) >= 11 is 6.03. The molecule has 6 heteroatoms. The molecule has 1 aromatic carbocycles. The summed E-state index contributed by atoms with van der Waals surface area (Å²) in [6.45, 7) is 5.87. The zero-order valence-corrected chi connectivity index (χ0v) is 12.5. The first-order valence-electron chi connectivity index (χ1n) is 6.66. The molecule has 2 rings (SSSR count). The van der Waals surface area contributed by atoms with E-state index in [0.717, 1.165) is 13.1 Å². The molecular weight excluding hydrogens is 278 g/mol. The lowest BCUT2D eigenvalue weighted by Crippen LogP contribution is -2.48. The van der Waals surface area contributed by atoms with Crippen LogP contribution in [-0.4, -0.2) is 42.6 Å². The molecule has 5 nitrogen and oxygen atoms in total. The van der Waals surface area contributed by atoms with Crippen LogP contribution in [0.4, 0.5) is 11.4 Å². The third-order valence-corrected chi connectivity index (χ3v) is 3.44. The van der Waals surface area contributed by atoms with Crippen molar-refractivity contribution in [1.82, 2.24) is 4.90 Å². The van der Waals surface area contributed by atoms with E-state index in [2.05, 4.69) is 10.2 Å². The standard InChI is InChI=1S/C14H20ClN3O2/c1-9-6-18(7-10(2)20-9)8-14(19)17-13-4-3-11(16)5-12(13)15/h3-5,9-10H,6-8,16H2,1-2H3,(H,17,19). The summed E-state index contributed by atoms with van der Waals surface area (Å²) in [7, 11) is 0. The van der Waals surface area contributed by atoms with Gasteiger partial charge in [0.2, 0.25) is 5.91 Å². The molecule has 1 aliphatic heterocycles. The van der Waals surface area contributed by atoms with E-state index in [4.69, 9.17) is 22.1 Å². The third-order valence-electron chi connectivity index (χ3n) is 3.13. The highest BCUT2D eigenvalue weighted by molar-refractivity contribution is 6.34. The van der Waals surface area contributed by atoms with Crippen molar-refractivity contribution in [3.63, 3.8) is 0 Å². The maximum atomic E-state index is 12.0. The van der Waals surface area contributed by atoms with Gasteiger partial charge < -0.3 is 15.8 Å². The molecule has 3 N–H and O–H groups in total. The fourth-order valence-electron chi connectivity index (χ4n) is 2.44. The van der Waals surface area contributed by atoms with Gasteiger partial charge in [-0.3, -0.25) is 9.69 Å². The summed E-state index contributed by atoms with van der Waals surface area (Å²) in [5.41, 5.74) is 6.78. The highest BCUT2D eigenvalue weighted by Gasteiger charge is 2.23. The number of benzene rings is 1. The number of rotatable bonds is 3. The molecule has 110 valence electrons. The molecular formula is C14H20ClN3O2. The highest BCUT2D eigenvalue weighted by Crippen LogP contribution is 2.24. The summed E-state index contributed by atoms with van der Waals surface area (Å²) < 4.78 is 5.64. The van der Waals surface area contributed by atoms with Gasteiger partial charge in [0.1, 0.15) is 0 Å². The minimum absolute atomic E-state index is 0.0852. The monoisotopic (exact) mass is 297 g/mol. The highest BCUT2D eigenvalue weighted by atomic mass is 35.5. The lowest BCUT2D eigenvalue weighted by atomic mass is 10.2. The Morgan fingerprint density at radius 2 is 2.10 bits per heavy atom. The number of morpholine rings is 1. The molecule has 1 aliphatic rings. The minimum Gasteiger partial charge on any atom is -0.399 e. The van der Waals surface area contributed by atoms with E-state index >= 15 is 0 Å². The molecule has 0 spiro atoms. The Kier molecular flexibility index (Phi) is 4.86. The Morgan fingerprint density at radius 3 is 2.70 bits per heavy atom. The fraction of sp³-hybridized carbons (Fsp3) is 0.500. The number of nitrogens with one attached hydrogen (secondary N) is 1. The number of hydrogen-bond acceptors (Lipinski definition) is 4. The van der Waals surface area contributed by atoms with Crippen molar-refractivity contribution < 1.29 is 9.53 Å². The quantitative estimate of drug-likeness (QED) is 0.837. The Balaban J connectivity index is 1.92. The van der Waals surface area contributed by atoms with Crippen LogP contribution in [-0.2, 0) is 9.53 Å². The van der Waals surface area contributed by atoms with Gasteiger partial charge in [0.05, 0.1) is 29.5 Å². The molecule has 2 atom stereocenters. The molecule has 0 radical (unpaired) electrons. The van der Waals surface area contributed by atoms with E-state index < -0.39 is 0 Å². The molecule has 1 heterocycles. The number of nitrogens with zero attached hydrogens (tertiary/aromatic N) is 1. The second kappa shape index (κ2) is 6.43. The maximum absolute atomic E-state index is 12.0. The molecule has 0 bridgehead atoms. The Bertz CT molecular complexity index is 485.